The highest BCUT2D eigenvalue weighted by Crippen LogP contribution is 2.38. The number of hydrogen-bond donors (Lipinski definition) is 2. The van der Waals surface area contributed by atoms with Crippen molar-refractivity contribution in [3.8, 4) is 17.2 Å². The molecule has 13 nitrogen and oxygen atoms in total. The minimum atomic E-state index is -1.07. The van der Waals surface area contributed by atoms with Crippen LogP contribution >= 0.6 is 0 Å². The summed E-state index contributed by atoms with van der Waals surface area (Å²) in [5, 5.41) is 28.3. The Morgan fingerprint density at radius 3 is 2.30 bits per heavy atom. The first-order chi connectivity index (χ1) is 17.7. The molecule has 0 aliphatic heterocycles. The number of nitrogens with one attached hydrogen (secondary N) is 2. The van der Waals surface area contributed by atoms with Crippen molar-refractivity contribution in [1.29, 1.82) is 0 Å². The van der Waals surface area contributed by atoms with E-state index < -0.39 is 38.9 Å². The maximum Gasteiger partial charge on any atom is 0.329 e. The van der Waals surface area contributed by atoms with Crippen molar-refractivity contribution >= 4 is 35.1 Å². The molecule has 3 aromatic carbocycles. The minimum Gasteiger partial charge on any atom is -0.490 e. The zero-order valence-corrected chi connectivity index (χ0v) is 19.0. The lowest BCUT2D eigenvalue weighted by molar-refractivity contribution is -0.394. The highest BCUT2D eigenvalue weighted by Gasteiger charge is 2.22. The Morgan fingerprint density at radius 1 is 0.946 bits per heavy atom. The number of anilines is 1. The molecule has 0 heterocycles. The van der Waals surface area contributed by atoms with Gasteiger partial charge in [-0.25, -0.2) is 9.82 Å². The van der Waals surface area contributed by atoms with E-state index in [2.05, 4.69) is 10.4 Å². The lowest BCUT2D eigenvalue weighted by Gasteiger charge is -2.12. The van der Waals surface area contributed by atoms with Crippen molar-refractivity contribution in [3.05, 3.63) is 92.3 Å². The summed E-state index contributed by atoms with van der Waals surface area (Å²) in [5.41, 5.74) is 1.60. The molecule has 0 spiro atoms. The van der Waals surface area contributed by atoms with Crippen LogP contribution in [0.4, 0.5) is 21.5 Å². The molecule has 0 bridgehead atoms. The average Bonchev–Trinajstić information content (AvgIpc) is 2.86. The molecule has 2 N–H and O–H groups in total. The molecule has 0 unspecified atom stereocenters. The van der Waals surface area contributed by atoms with Gasteiger partial charge in [-0.15, -0.1) is 0 Å². The summed E-state index contributed by atoms with van der Waals surface area (Å²) in [6.45, 7) is 1.90. The fourth-order valence-corrected chi connectivity index (χ4v) is 2.86. The summed E-state index contributed by atoms with van der Waals surface area (Å²) >= 11 is 0. The largest absolute Gasteiger partial charge is 0.490 e. The molecule has 0 fully saturated rings. The zero-order valence-electron chi connectivity index (χ0n) is 19.0. The van der Waals surface area contributed by atoms with Gasteiger partial charge in [0.1, 0.15) is 5.82 Å². The van der Waals surface area contributed by atoms with Crippen LogP contribution in [0.5, 0.6) is 17.2 Å². The Kier molecular flexibility index (Phi) is 8.38. The van der Waals surface area contributed by atoms with Crippen LogP contribution < -0.4 is 20.2 Å². The Labute approximate surface area is 207 Å². The highest BCUT2D eigenvalue weighted by molar-refractivity contribution is 6.39. The van der Waals surface area contributed by atoms with Gasteiger partial charge in [0.15, 0.2) is 11.5 Å². The number of benzene rings is 3. The Bertz CT molecular complexity index is 1380. The van der Waals surface area contributed by atoms with E-state index in [-0.39, 0.29) is 29.5 Å². The summed E-state index contributed by atoms with van der Waals surface area (Å²) in [6, 6.07) is 12.1. The van der Waals surface area contributed by atoms with Gasteiger partial charge in [0.2, 0.25) is 5.75 Å². The molecule has 37 heavy (non-hydrogen) atoms. The van der Waals surface area contributed by atoms with E-state index in [0.29, 0.717) is 5.56 Å². The normalized spacial score (nSPS) is 10.5. The van der Waals surface area contributed by atoms with E-state index >= 15 is 0 Å². The standard InChI is InChI=1S/C23H18FN5O8/c1-2-36-21-11-14(13-25-27-23(31)22(30)26-16-6-4-15(24)5-7-16)3-9-20(21)37-19-10-8-17(28(32)33)12-18(19)29(34)35/h3-13H,2H2,1H3,(H,26,30)(H,27,31). The van der Waals surface area contributed by atoms with E-state index in [1.165, 1.54) is 36.5 Å². The topological polar surface area (TPSA) is 175 Å². The van der Waals surface area contributed by atoms with Gasteiger partial charge in [0.05, 0.1) is 28.7 Å². The smallest absolute Gasteiger partial charge is 0.329 e. The summed E-state index contributed by atoms with van der Waals surface area (Å²) < 4.78 is 24.0. The molecule has 2 amide bonds. The third-order valence-electron chi connectivity index (χ3n) is 4.53. The van der Waals surface area contributed by atoms with E-state index in [9.17, 15) is 34.2 Å². The number of halogens is 1. The second-order valence-corrected chi connectivity index (χ2v) is 7.07. The van der Waals surface area contributed by atoms with Gasteiger partial charge in [-0.3, -0.25) is 29.8 Å². The molecule has 3 rings (SSSR count). The van der Waals surface area contributed by atoms with Crippen molar-refractivity contribution in [1.82, 2.24) is 5.43 Å². The molecule has 0 aromatic heterocycles. The first-order valence-electron chi connectivity index (χ1n) is 10.5. The molecular formula is C23H18FN5O8. The fraction of sp³-hybridized carbons (Fsp3) is 0.0870. The monoisotopic (exact) mass is 511 g/mol. The SMILES string of the molecule is CCOc1cc(C=NNC(=O)C(=O)Nc2ccc(F)cc2)ccc1Oc1ccc([N+](=O)[O-])cc1[N+](=O)[O-]. The number of nitro groups is 2. The van der Waals surface area contributed by atoms with Gasteiger partial charge < -0.3 is 14.8 Å². The number of nitrogens with zero attached hydrogens (tertiary/aromatic N) is 3. The molecule has 0 aliphatic rings. The summed E-state index contributed by atoms with van der Waals surface area (Å²) in [4.78, 5) is 44.6. The van der Waals surface area contributed by atoms with Crippen molar-refractivity contribution < 1.29 is 33.3 Å². The summed E-state index contributed by atoms with van der Waals surface area (Å²) in [6.07, 6.45) is 1.21. The lowest BCUT2D eigenvalue weighted by Crippen LogP contribution is -2.32. The van der Waals surface area contributed by atoms with Crippen LogP contribution in [0.15, 0.2) is 65.8 Å². The molecule has 0 radical (unpaired) electrons. The van der Waals surface area contributed by atoms with E-state index in [4.69, 9.17) is 9.47 Å². The van der Waals surface area contributed by atoms with Crippen LogP contribution in [0.2, 0.25) is 0 Å². The van der Waals surface area contributed by atoms with E-state index in [1.807, 2.05) is 5.43 Å². The van der Waals surface area contributed by atoms with Crippen molar-refractivity contribution in [2.75, 3.05) is 11.9 Å². The molecule has 0 saturated carbocycles. The minimum absolute atomic E-state index is 0.0821. The number of nitro benzene ring substituents is 2. The van der Waals surface area contributed by atoms with Crippen LogP contribution in [-0.2, 0) is 9.59 Å². The predicted molar refractivity (Wildman–Crippen MR) is 128 cm³/mol. The number of hydrogen-bond acceptors (Lipinski definition) is 9. The van der Waals surface area contributed by atoms with Crippen LogP contribution in [0.3, 0.4) is 0 Å². The van der Waals surface area contributed by atoms with Gasteiger partial charge in [-0.05, 0) is 61.0 Å². The highest BCUT2D eigenvalue weighted by atomic mass is 19.1. The molecular weight excluding hydrogens is 493 g/mol. The van der Waals surface area contributed by atoms with Crippen LogP contribution in [0.1, 0.15) is 12.5 Å². The molecule has 3 aromatic rings. The Morgan fingerprint density at radius 2 is 1.65 bits per heavy atom. The number of carbonyl (C=O) groups excluding carboxylic acids is 2. The first kappa shape index (κ1) is 26.2. The summed E-state index contributed by atoms with van der Waals surface area (Å²) in [5.74, 6) is -2.58. The third kappa shape index (κ3) is 7.05. The Balaban J connectivity index is 1.72. The van der Waals surface area contributed by atoms with Gasteiger partial charge >= 0.3 is 17.5 Å². The molecule has 190 valence electrons. The van der Waals surface area contributed by atoms with Crippen molar-refractivity contribution in [2.45, 2.75) is 6.92 Å². The van der Waals surface area contributed by atoms with Crippen LogP contribution in [0, 0.1) is 26.0 Å². The third-order valence-corrected chi connectivity index (χ3v) is 4.53. The number of amides is 2. The van der Waals surface area contributed by atoms with Gasteiger partial charge in [0.25, 0.3) is 5.69 Å². The van der Waals surface area contributed by atoms with Crippen LogP contribution in [-0.4, -0.2) is 34.5 Å². The Hall–Kier alpha value is -5.40. The second-order valence-electron chi connectivity index (χ2n) is 7.07. The zero-order chi connectivity index (χ0) is 26.9. The van der Waals surface area contributed by atoms with Crippen LogP contribution in [0.25, 0.3) is 0 Å². The first-order valence-corrected chi connectivity index (χ1v) is 10.5. The van der Waals surface area contributed by atoms with E-state index in [1.54, 1.807) is 6.92 Å². The maximum atomic E-state index is 12.9. The number of carbonyl (C=O) groups is 2. The quantitative estimate of drug-likeness (QED) is 0.188. The molecule has 0 saturated heterocycles. The predicted octanol–water partition coefficient (Wildman–Crippen LogP) is 3.92. The number of hydrazone groups is 1. The van der Waals surface area contributed by atoms with Crippen molar-refractivity contribution in [3.63, 3.8) is 0 Å². The van der Waals surface area contributed by atoms with E-state index in [0.717, 1.165) is 30.3 Å². The molecule has 14 heteroatoms. The second kappa shape index (κ2) is 11.8. The lowest BCUT2D eigenvalue weighted by atomic mass is 10.2. The van der Waals surface area contributed by atoms with Gasteiger partial charge in [-0.1, -0.05) is 0 Å². The number of ether oxygens (including phenoxy) is 2. The summed E-state index contributed by atoms with van der Waals surface area (Å²) in [7, 11) is 0. The average molecular weight is 511 g/mol. The van der Waals surface area contributed by atoms with Crippen molar-refractivity contribution in [2.24, 2.45) is 5.10 Å². The van der Waals surface area contributed by atoms with Gasteiger partial charge in [0, 0.05) is 11.8 Å². The number of non-ortho nitro benzene ring substituents is 1. The molecule has 0 atom stereocenters. The maximum absolute atomic E-state index is 12.9. The molecule has 0 aliphatic carbocycles. The number of rotatable bonds is 9. The fourth-order valence-electron chi connectivity index (χ4n) is 2.86. The van der Waals surface area contributed by atoms with Gasteiger partial charge in [-0.2, -0.15) is 5.10 Å².